The monoisotopic (exact) mass is 615 g/mol. The molecule has 0 aliphatic rings. The normalized spacial score (nSPS) is 11.9. The highest BCUT2D eigenvalue weighted by atomic mass is 79.9. The van der Waals surface area contributed by atoms with Crippen LogP contribution in [0.25, 0.3) is 0 Å². The fraction of sp³-hybridized carbons (Fsp3) is 0.310. The van der Waals surface area contributed by atoms with Gasteiger partial charge in [-0.1, -0.05) is 64.5 Å². The Balaban J connectivity index is 2.08. The number of rotatable bonds is 12. The maximum Gasteiger partial charge on any atom is 0.244 e. The van der Waals surface area contributed by atoms with Crippen molar-refractivity contribution < 1.29 is 22.7 Å². The van der Waals surface area contributed by atoms with E-state index in [0.717, 1.165) is 31.7 Å². The van der Waals surface area contributed by atoms with Crippen LogP contribution in [-0.4, -0.2) is 57.6 Å². The van der Waals surface area contributed by atoms with Crippen molar-refractivity contribution in [1.82, 2.24) is 10.2 Å². The molecule has 3 aromatic carbocycles. The number of hydrogen-bond donors (Lipinski definition) is 1. The topological polar surface area (TPSA) is 96.0 Å². The van der Waals surface area contributed by atoms with Crippen molar-refractivity contribution in [1.29, 1.82) is 0 Å². The Morgan fingerprint density at radius 1 is 1.00 bits per heavy atom. The zero-order chi connectivity index (χ0) is 28.6. The van der Waals surface area contributed by atoms with Crippen LogP contribution in [-0.2, 0) is 32.6 Å². The van der Waals surface area contributed by atoms with Crippen LogP contribution < -0.4 is 14.4 Å². The van der Waals surface area contributed by atoms with Gasteiger partial charge in [-0.25, -0.2) is 8.42 Å². The maximum absolute atomic E-state index is 14.1. The number of nitrogens with one attached hydrogen (secondary N) is 1. The van der Waals surface area contributed by atoms with Crippen molar-refractivity contribution in [2.75, 3.05) is 30.8 Å². The maximum atomic E-state index is 14.1. The summed E-state index contributed by atoms with van der Waals surface area (Å²) >= 11 is 3.47. The first-order valence-electron chi connectivity index (χ1n) is 12.5. The lowest BCUT2D eigenvalue weighted by atomic mass is 10.0. The van der Waals surface area contributed by atoms with Gasteiger partial charge in [0.25, 0.3) is 0 Å². The zero-order valence-corrected chi connectivity index (χ0v) is 25.0. The Morgan fingerprint density at radius 3 is 2.31 bits per heavy atom. The number of likely N-dealkylation sites (N-methyl/N-ethyl adjacent to an activating group) is 1. The molecule has 0 aliphatic heterocycles. The average Bonchev–Trinajstić information content (AvgIpc) is 2.89. The molecule has 2 amide bonds. The molecule has 8 nitrogen and oxygen atoms in total. The lowest BCUT2D eigenvalue weighted by molar-refractivity contribution is -0.140. The Kier molecular flexibility index (Phi) is 10.5. The highest BCUT2D eigenvalue weighted by molar-refractivity contribution is 9.10. The molecule has 1 unspecified atom stereocenters. The summed E-state index contributed by atoms with van der Waals surface area (Å²) in [5.74, 6) is -0.512. The number of ether oxygens (including phenoxy) is 1. The predicted octanol–water partition coefficient (Wildman–Crippen LogP) is 4.31. The highest BCUT2D eigenvalue weighted by Gasteiger charge is 2.33. The molecule has 3 rings (SSSR count). The van der Waals surface area contributed by atoms with Crippen molar-refractivity contribution in [3.8, 4) is 5.75 Å². The number of carbonyl (C=O) groups excluding carboxylic acids is 2. The van der Waals surface area contributed by atoms with Gasteiger partial charge in [0.2, 0.25) is 21.8 Å². The summed E-state index contributed by atoms with van der Waals surface area (Å²) in [7, 11) is -2.45. The molecular formula is C29H34BrN3O5S. The minimum absolute atomic E-state index is 0.107. The van der Waals surface area contributed by atoms with Gasteiger partial charge >= 0.3 is 0 Å². The largest absolute Gasteiger partial charge is 0.495 e. The van der Waals surface area contributed by atoms with Crippen LogP contribution in [0.15, 0.2) is 77.3 Å². The van der Waals surface area contributed by atoms with Gasteiger partial charge in [0.15, 0.2) is 0 Å². The molecule has 3 aromatic rings. The Bertz CT molecular complexity index is 1400. The first kappa shape index (κ1) is 30.2. The number of methoxy groups -OCH3 is 1. The molecule has 0 aliphatic carbocycles. The molecule has 0 saturated heterocycles. The van der Waals surface area contributed by atoms with Gasteiger partial charge in [0.1, 0.15) is 18.3 Å². The van der Waals surface area contributed by atoms with E-state index in [1.54, 1.807) is 18.2 Å². The quantitative estimate of drug-likeness (QED) is 0.328. The van der Waals surface area contributed by atoms with Crippen molar-refractivity contribution in [3.05, 3.63) is 94.0 Å². The van der Waals surface area contributed by atoms with Gasteiger partial charge in [-0.05, 0) is 54.8 Å². The van der Waals surface area contributed by atoms with E-state index in [2.05, 4.69) is 21.2 Å². The van der Waals surface area contributed by atoms with E-state index in [1.165, 1.54) is 12.0 Å². The van der Waals surface area contributed by atoms with Crippen LogP contribution in [0.3, 0.4) is 0 Å². The standard InChI is InChI=1S/C29H34BrN3O5S/c1-5-31-29(35)26(18-22-10-7-6-8-11-22)32(19-23-12-9-13-24(30)17-23)28(34)20-33(39(4,36)37)25-16-21(2)14-15-27(25)38-3/h6-17,26H,5,18-20H2,1-4H3,(H,31,35). The SMILES string of the molecule is CCNC(=O)C(Cc1ccccc1)N(Cc1cccc(Br)c1)C(=O)CN(c1cc(C)ccc1OC)S(C)(=O)=O. The molecule has 208 valence electrons. The van der Waals surface area contributed by atoms with Crippen LogP contribution in [0.5, 0.6) is 5.75 Å². The second-order valence-corrected chi connectivity index (χ2v) is 12.0. The first-order valence-corrected chi connectivity index (χ1v) is 15.2. The molecule has 0 bridgehead atoms. The summed E-state index contributed by atoms with van der Waals surface area (Å²) in [4.78, 5) is 28.9. The van der Waals surface area contributed by atoms with Crippen LogP contribution in [0.4, 0.5) is 5.69 Å². The van der Waals surface area contributed by atoms with Crippen LogP contribution in [0.1, 0.15) is 23.6 Å². The molecule has 0 fully saturated rings. The third kappa shape index (κ3) is 8.31. The summed E-state index contributed by atoms with van der Waals surface area (Å²) in [5.41, 5.74) is 2.73. The van der Waals surface area contributed by atoms with Gasteiger partial charge in [-0.3, -0.25) is 13.9 Å². The van der Waals surface area contributed by atoms with E-state index in [4.69, 9.17) is 4.74 Å². The summed E-state index contributed by atoms with van der Waals surface area (Å²) < 4.78 is 33.3. The van der Waals surface area contributed by atoms with E-state index < -0.39 is 28.5 Å². The fourth-order valence-electron chi connectivity index (χ4n) is 4.27. The molecule has 39 heavy (non-hydrogen) atoms. The lowest BCUT2D eigenvalue weighted by Crippen LogP contribution is -2.53. The minimum atomic E-state index is -3.89. The Hall–Kier alpha value is -3.37. The van der Waals surface area contributed by atoms with Crippen molar-refractivity contribution in [2.45, 2.75) is 32.9 Å². The van der Waals surface area contributed by atoms with Crippen molar-refractivity contribution >= 4 is 43.5 Å². The molecule has 0 spiro atoms. The van der Waals surface area contributed by atoms with E-state index >= 15 is 0 Å². The molecular weight excluding hydrogens is 582 g/mol. The van der Waals surface area contributed by atoms with E-state index in [9.17, 15) is 18.0 Å². The van der Waals surface area contributed by atoms with Gasteiger partial charge in [-0.2, -0.15) is 0 Å². The van der Waals surface area contributed by atoms with E-state index in [-0.39, 0.29) is 24.6 Å². The molecule has 10 heteroatoms. The molecule has 0 heterocycles. The zero-order valence-electron chi connectivity index (χ0n) is 22.6. The molecule has 0 aromatic heterocycles. The van der Waals surface area contributed by atoms with Gasteiger partial charge in [0.05, 0.1) is 19.1 Å². The van der Waals surface area contributed by atoms with E-state index in [0.29, 0.717) is 12.3 Å². The number of anilines is 1. The average molecular weight is 617 g/mol. The molecule has 0 radical (unpaired) electrons. The van der Waals surface area contributed by atoms with Crippen LogP contribution >= 0.6 is 15.9 Å². The summed E-state index contributed by atoms with van der Waals surface area (Å²) in [6.45, 7) is 3.63. The number of aryl methyl sites for hydroxylation is 1. The molecule has 1 N–H and O–H groups in total. The Morgan fingerprint density at radius 2 is 1.69 bits per heavy atom. The van der Waals surface area contributed by atoms with Gasteiger partial charge in [0, 0.05) is 24.0 Å². The third-order valence-electron chi connectivity index (χ3n) is 6.15. The number of benzene rings is 3. The molecule has 0 saturated carbocycles. The van der Waals surface area contributed by atoms with Gasteiger partial charge < -0.3 is 15.0 Å². The second kappa shape index (κ2) is 13.6. The predicted molar refractivity (Wildman–Crippen MR) is 157 cm³/mol. The minimum Gasteiger partial charge on any atom is -0.495 e. The van der Waals surface area contributed by atoms with Gasteiger partial charge in [-0.15, -0.1) is 0 Å². The number of hydrogen-bond acceptors (Lipinski definition) is 5. The number of amides is 2. The number of carbonyl (C=O) groups is 2. The third-order valence-corrected chi connectivity index (χ3v) is 7.77. The van der Waals surface area contributed by atoms with Crippen molar-refractivity contribution in [3.63, 3.8) is 0 Å². The lowest BCUT2D eigenvalue weighted by Gasteiger charge is -2.33. The number of sulfonamides is 1. The summed E-state index contributed by atoms with van der Waals surface area (Å²) in [5, 5.41) is 2.85. The number of halogens is 1. The first-order chi connectivity index (χ1) is 18.5. The van der Waals surface area contributed by atoms with E-state index in [1.807, 2.05) is 68.4 Å². The smallest absolute Gasteiger partial charge is 0.244 e. The number of nitrogens with zero attached hydrogens (tertiary/aromatic N) is 2. The molecule has 1 atom stereocenters. The van der Waals surface area contributed by atoms with Crippen LogP contribution in [0.2, 0.25) is 0 Å². The fourth-order valence-corrected chi connectivity index (χ4v) is 5.56. The Labute approximate surface area is 239 Å². The van der Waals surface area contributed by atoms with Crippen molar-refractivity contribution in [2.24, 2.45) is 0 Å². The summed E-state index contributed by atoms with van der Waals surface area (Å²) in [6.07, 6.45) is 1.31. The highest BCUT2D eigenvalue weighted by Crippen LogP contribution is 2.31. The second-order valence-electron chi connectivity index (χ2n) is 9.20. The van der Waals surface area contributed by atoms with Crippen LogP contribution in [0, 0.1) is 6.92 Å². The summed E-state index contributed by atoms with van der Waals surface area (Å²) in [6, 6.07) is 21.1.